The van der Waals surface area contributed by atoms with Gasteiger partial charge in [-0.3, -0.25) is 4.99 Å². The van der Waals surface area contributed by atoms with E-state index in [0.29, 0.717) is 19.8 Å². The van der Waals surface area contributed by atoms with Gasteiger partial charge in [-0.1, -0.05) is 18.2 Å². The van der Waals surface area contributed by atoms with E-state index in [2.05, 4.69) is 15.6 Å². The lowest BCUT2D eigenvalue weighted by molar-refractivity contribution is 0.179. The van der Waals surface area contributed by atoms with Gasteiger partial charge in [0.05, 0.1) is 13.2 Å². The molecule has 0 aliphatic carbocycles. The van der Waals surface area contributed by atoms with Crippen LogP contribution in [0, 0.1) is 0 Å². The zero-order valence-electron chi connectivity index (χ0n) is 12.8. The van der Waals surface area contributed by atoms with Crippen LogP contribution in [-0.2, 0) is 11.3 Å². The average molecular weight is 279 g/mol. The number of hydrogen-bond donors (Lipinski definition) is 2. The van der Waals surface area contributed by atoms with E-state index in [0.717, 1.165) is 17.3 Å². The van der Waals surface area contributed by atoms with Crippen molar-refractivity contribution in [1.82, 2.24) is 10.6 Å². The van der Waals surface area contributed by atoms with Crippen molar-refractivity contribution < 1.29 is 9.47 Å². The first-order chi connectivity index (χ1) is 9.71. The van der Waals surface area contributed by atoms with Gasteiger partial charge in [0, 0.05) is 32.3 Å². The number of guanidine groups is 1. The molecule has 0 spiro atoms. The molecule has 2 N–H and O–H groups in total. The number of nitrogens with one attached hydrogen (secondary N) is 2. The highest BCUT2D eigenvalue weighted by molar-refractivity contribution is 5.80. The predicted octanol–water partition coefficient (Wildman–Crippen LogP) is 1.79. The van der Waals surface area contributed by atoms with E-state index in [9.17, 15) is 0 Å². The minimum absolute atomic E-state index is 0.202. The van der Waals surface area contributed by atoms with Crippen molar-refractivity contribution >= 4 is 5.96 Å². The maximum atomic E-state index is 5.60. The van der Waals surface area contributed by atoms with E-state index in [1.807, 2.05) is 38.1 Å². The first-order valence-electron chi connectivity index (χ1n) is 6.88. The van der Waals surface area contributed by atoms with Crippen molar-refractivity contribution in [2.45, 2.75) is 26.4 Å². The number of rotatable bonds is 7. The molecule has 0 amide bonds. The lowest BCUT2D eigenvalue weighted by atomic mass is 10.2. The molecule has 0 aliphatic heterocycles. The second-order valence-corrected chi connectivity index (χ2v) is 4.47. The van der Waals surface area contributed by atoms with Gasteiger partial charge in [-0.15, -0.1) is 0 Å². The van der Waals surface area contributed by atoms with Crippen molar-refractivity contribution in [3.8, 4) is 5.75 Å². The monoisotopic (exact) mass is 279 g/mol. The van der Waals surface area contributed by atoms with E-state index in [4.69, 9.17) is 9.47 Å². The molecule has 0 saturated heterocycles. The molecule has 1 aromatic rings. The summed E-state index contributed by atoms with van der Waals surface area (Å²) in [6.45, 7) is 5.99. The molecule has 0 heterocycles. The molecule has 0 saturated carbocycles. The smallest absolute Gasteiger partial charge is 0.191 e. The quantitative estimate of drug-likeness (QED) is 0.590. The molecule has 1 aromatic carbocycles. The standard InChI is InChI=1S/C15H25N3O2/c1-5-20-14-9-7-6-8-13(14)10-17-15(16-3)18-12(2)11-19-4/h6-9,12H,5,10-11H2,1-4H3,(H2,16,17,18). The van der Waals surface area contributed by atoms with E-state index in [1.165, 1.54) is 0 Å². The number of methoxy groups -OCH3 is 1. The van der Waals surface area contributed by atoms with Crippen LogP contribution in [0.3, 0.4) is 0 Å². The third kappa shape index (κ3) is 5.48. The Labute approximate surface area is 121 Å². The zero-order valence-corrected chi connectivity index (χ0v) is 12.8. The molecule has 1 unspecified atom stereocenters. The highest BCUT2D eigenvalue weighted by atomic mass is 16.5. The molecule has 0 aromatic heterocycles. The molecule has 5 heteroatoms. The summed E-state index contributed by atoms with van der Waals surface area (Å²) in [5, 5.41) is 6.54. The van der Waals surface area contributed by atoms with Gasteiger partial charge in [0.1, 0.15) is 5.75 Å². The van der Waals surface area contributed by atoms with Crippen molar-refractivity contribution in [3.05, 3.63) is 29.8 Å². The van der Waals surface area contributed by atoms with Crippen LogP contribution in [0.15, 0.2) is 29.3 Å². The normalized spacial score (nSPS) is 12.9. The van der Waals surface area contributed by atoms with Crippen LogP contribution < -0.4 is 15.4 Å². The number of hydrogen-bond acceptors (Lipinski definition) is 3. The Bertz CT molecular complexity index is 421. The van der Waals surface area contributed by atoms with Crippen molar-refractivity contribution in [2.75, 3.05) is 27.4 Å². The fourth-order valence-electron chi connectivity index (χ4n) is 1.84. The predicted molar refractivity (Wildman–Crippen MR) is 82.3 cm³/mol. The second-order valence-electron chi connectivity index (χ2n) is 4.47. The van der Waals surface area contributed by atoms with Gasteiger partial charge in [-0.25, -0.2) is 0 Å². The second kappa shape index (κ2) is 9.20. The van der Waals surface area contributed by atoms with Gasteiger partial charge in [-0.2, -0.15) is 0 Å². The first-order valence-corrected chi connectivity index (χ1v) is 6.88. The minimum Gasteiger partial charge on any atom is -0.494 e. The molecule has 0 fully saturated rings. The molecule has 1 rings (SSSR count). The molecular weight excluding hydrogens is 254 g/mol. The number of ether oxygens (including phenoxy) is 2. The van der Waals surface area contributed by atoms with Crippen LogP contribution >= 0.6 is 0 Å². The third-order valence-corrected chi connectivity index (χ3v) is 2.74. The number of aliphatic imine (C=N–C) groups is 1. The summed E-state index contributed by atoms with van der Waals surface area (Å²) in [4.78, 5) is 4.20. The maximum Gasteiger partial charge on any atom is 0.191 e. The van der Waals surface area contributed by atoms with Crippen LogP contribution in [0.5, 0.6) is 5.75 Å². The number of para-hydroxylation sites is 1. The van der Waals surface area contributed by atoms with Crippen molar-refractivity contribution in [1.29, 1.82) is 0 Å². The van der Waals surface area contributed by atoms with Crippen LogP contribution in [0.4, 0.5) is 0 Å². The van der Waals surface area contributed by atoms with E-state index >= 15 is 0 Å². The lowest BCUT2D eigenvalue weighted by Gasteiger charge is -2.18. The lowest BCUT2D eigenvalue weighted by Crippen LogP contribution is -2.43. The largest absolute Gasteiger partial charge is 0.494 e. The molecule has 5 nitrogen and oxygen atoms in total. The van der Waals surface area contributed by atoms with Gasteiger partial charge in [0.2, 0.25) is 0 Å². The van der Waals surface area contributed by atoms with Crippen molar-refractivity contribution in [2.24, 2.45) is 4.99 Å². The molecule has 0 radical (unpaired) electrons. The summed E-state index contributed by atoms with van der Waals surface area (Å²) in [6, 6.07) is 8.20. The Morgan fingerprint density at radius 2 is 2.10 bits per heavy atom. The summed E-state index contributed by atoms with van der Waals surface area (Å²) in [7, 11) is 3.44. The van der Waals surface area contributed by atoms with E-state index < -0.39 is 0 Å². The summed E-state index contributed by atoms with van der Waals surface area (Å²) < 4.78 is 10.7. The zero-order chi connectivity index (χ0) is 14.8. The summed E-state index contributed by atoms with van der Waals surface area (Å²) >= 11 is 0. The topological polar surface area (TPSA) is 54.9 Å². The van der Waals surface area contributed by atoms with Gasteiger partial charge in [0.25, 0.3) is 0 Å². The molecule has 112 valence electrons. The van der Waals surface area contributed by atoms with Crippen LogP contribution in [0.25, 0.3) is 0 Å². The Kier molecular flexibility index (Phi) is 7.50. The van der Waals surface area contributed by atoms with Gasteiger partial charge in [0.15, 0.2) is 5.96 Å². The Balaban J connectivity index is 2.56. The molecule has 0 aliphatic rings. The highest BCUT2D eigenvalue weighted by Gasteiger charge is 2.06. The molecular formula is C15H25N3O2. The average Bonchev–Trinajstić information content (AvgIpc) is 2.45. The maximum absolute atomic E-state index is 5.60. The Hall–Kier alpha value is -1.75. The van der Waals surface area contributed by atoms with Gasteiger partial charge >= 0.3 is 0 Å². The van der Waals surface area contributed by atoms with Gasteiger partial charge < -0.3 is 20.1 Å². The molecule has 0 bridgehead atoms. The molecule has 1 atom stereocenters. The van der Waals surface area contributed by atoms with Crippen LogP contribution in [0.2, 0.25) is 0 Å². The Morgan fingerprint density at radius 1 is 1.35 bits per heavy atom. The summed E-state index contributed by atoms with van der Waals surface area (Å²) in [6.07, 6.45) is 0. The highest BCUT2D eigenvalue weighted by Crippen LogP contribution is 2.17. The van der Waals surface area contributed by atoms with Gasteiger partial charge in [-0.05, 0) is 19.9 Å². The van der Waals surface area contributed by atoms with E-state index in [1.54, 1.807) is 14.2 Å². The Morgan fingerprint density at radius 3 is 2.75 bits per heavy atom. The summed E-state index contributed by atoms with van der Waals surface area (Å²) in [5.41, 5.74) is 1.11. The fraction of sp³-hybridized carbons (Fsp3) is 0.533. The number of nitrogens with zero attached hydrogens (tertiary/aromatic N) is 1. The van der Waals surface area contributed by atoms with Crippen molar-refractivity contribution in [3.63, 3.8) is 0 Å². The fourth-order valence-corrected chi connectivity index (χ4v) is 1.84. The molecule has 20 heavy (non-hydrogen) atoms. The minimum atomic E-state index is 0.202. The third-order valence-electron chi connectivity index (χ3n) is 2.74. The van der Waals surface area contributed by atoms with Crippen LogP contribution in [-0.4, -0.2) is 39.4 Å². The first kappa shape index (κ1) is 16.3. The SMILES string of the molecule is CCOc1ccccc1CNC(=NC)NC(C)COC. The summed E-state index contributed by atoms with van der Waals surface area (Å²) in [5.74, 6) is 1.66. The number of benzene rings is 1. The van der Waals surface area contributed by atoms with Crippen LogP contribution in [0.1, 0.15) is 19.4 Å². The van der Waals surface area contributed by atoms with E-state index in [-0.39, 0.29) is 6.04 Å².